The minimum absolute atomic E-state index is 0.0643. The molecule has 1 atom stereocenters. The molecule has 0 radical (unpaired) electrons. The van der Waals surface area contributed by atoms with E-state index in [0.717, 1.165) is 5.56 Å². The van der Waals surface area contributed by atoms with Gasteiger partial charge in [0.2, 0.25) is 18.6 Å². The number of hydrogen-bond acceptors (Lipinski definition) is 5. The third kappa shape index (κ3) is 2.52. The Morgan fingerprint density at radius 1 is 0.969 bits per heavy atom. The van der Waals surface area contributed by atoms with Gasteiger partial charge >= 0.3 is 0 Å². The smallest absolute Gasteiger partial charge is 0.246 e. The molecule has 0 aromatic heterocycles. The molecule has 0 saturated heterocycles. The molecule has 3 aliphatic rings. The maximum Gasteiger partial charge on any atom is 0.246 e. The Hall–Kier alpha value is -4.07. The molecular weight excluding hydrogens is 415 g/mol. The van der Waals surface area contributed by atoms with Crippen molar-refractivity contribution in [3.63, 3.8) is 0 Å². The first-order valence-corrected chi connectivity index (χ1v) is 10.1. The summed E-state index contributed by atoms with van der Waals surface area (Å²) in [5, 5.41) is 2.54. The standard InChI is InChI=1S/C24H17FN2O5/c25-16-6-2-3-7-17(16)26-22(28)11-27-18-8-4-1-5-14(18)24(23(27)29)12-30-19-10-21-20(9-15(19)24)31-13-32-21/h1-10H,11-13H2,(H,26,28). The van der Waals surface area contributed by atoms with Crippen LogP contribution in [0.25, 0.3) is 0 Å². The Bertz CT molecular complexity index is 1290. The number of para-hydroxylation sites is 2. The molecule has 32 heavy (non-hydrogen) atoms. The number of carbonyl (C=O) groups is 2. The average Bonchev–Trinajstić information content (AvgIpc) is 3.47. The molecule has 6 rings (SSSR count). The van der Waals surface area contributed by atoms with Crippen molar-refractivity contribution in [1.82, 2.24) is 0 Å². The molecule has 2 amide bonds. The monoisotopic (exact) mass is 432 g/mol. The van der Waals surface area contributed by atoms with E-state index < -0.39 is 17.1 Å². The number of halogens is 1. The van der Waals surface area contributed by atoms with Gasteiger partial charge in [0.25, 0.3) is 0 Å². The summed E-state index contributed by atoms with van der Waals surface area (Å²) in [4.78, 5) is 28.0. The predicted molar refractivity (Wildman–Crippen MR) is 113 cm³/mol. The largest absolute Gasteiger partial charge is 0.491 e. The summed E-state index contributed by atoms with van der Waals surface area (Å²) in [5.41, 5.74) is 1.02. The number of ether oxygens (including phenoxy) is 3. The van der Waals surface area contributed by atoms with Gasteiger partial charge < -0.3 is 24.4 Å². The number of nitrogens with one attached hydrogen (secondary N) is 1. The number of benzene rings is 3. The molecule has 3 aliphatic heterocycles. The van der Waals surface area contributed by atoms with Crippen LogP contribution in [-0.4, -0.2) is 31.8 Å². The topological polar surface area (TPSA) is 77.1 Å². The fourth-order valence-electron chi connectivity index (χ4n) is 4.62. The van der Waals surface area contributed by atoms with Gasteiger partial charge in [0.05, 0.1) is 5.69 Å². The zero-order valence-corrected chi connectivity index (χ0v) is 16.8. The molecule has 7 nitrogen and oxygen atoms in total. The maximum absolute atomic E-state index is 14.0. The van der Waals surface area contributed by atoms with E-state index >= 15 is 0 Å². The van der Waals surface area contributed by atoms with Gasteiger partial charge in [-0.1, -0.05) is 30.3 Å². The van der Waals surface area contributed by atoms with E-state index in [1.165, 1.54) is 23.1 Å². The van der Waals surface area contributed by atoms with E-state index in [4.69, 9.17) is 14.2 Å². The number of carbonyl (C=O) groups excluding carboxylic acids is 2. The van der Waals surface area contributed by atoms with E-state index in [2.05, 4.69) is 5.32 Å². The quantitative estimate of drug-likeness (QED) is 0.688. The second kappa shape index (κ2) is 6.71. The van der Waals surface area contributed by atoms with Gasteiger partial charge in [-0.15, -0.1) is 0 Å². The van der Waals surface area contributed by atoms with E-state index in [-0.39, 0.29) is 31.5 Å². The van der Waals surface area contributed by atoms with Crippen LogP contribution in [0.15, 0.2) is 60.7 Å². The average molecular weight is 432 g/mol. The summed E-state index contributed by atoms with van der Waals surface area (Å²) in [6.07, 6.45) is 0. The molecule has 1 unspecified atom stereocenters. The number of fused-ring (bicyclic) bond motifs is 5. The van der Waals surface area contributed by atoms with Gasteiger partial charge in [-0.05, 0) is 29.8 Å². The summed E-state index contributed by atoms with van der Waals surface area (Å²) in [5.74, 6) is 0.352. The molecule has 160 valence electrons. The number of anilines is 2. The van der Waals surface area contributed by atoms with Gasteiger partial charge in [0.15, 0.2) is 11.5 Å². The Balaban J connectivity index is 1.38. The van der Waals surface area contributed by atoms with E-state index in [0.29, 0.717) is 28.5 Å². The Morgan fingerprint density at radius 3 is 2.56 bits per heavy atom. The molecule has 8 heteroatoms. The molecule has 0 aliphatic carbocycles. The lowest BCUT2D eigenvalue weighted by Gasteiger charge is -2.23. The Kier molecular flexibility index (Phi) is 3.92. The van der Waals surface area contributed by atoms with Crippen LogP contribution in [-0.2, 0) is 15.0 Å². The minimum Gasteiger partial charge on any atom is -0.491 e. The van der Waals surface area contributed by atoms with Gasteiger partial charge in [-0.2, -0.15) is 0 Å². The second-order valence-corrected chi connectivity index (χ2v) is 7.83. The fourth-order valence-corrected chi connectivity index (χ4v) is 4.62. The Morgan fingerprint density at radius 2 is 1.72 bits per heavy atom. The lowest BCUT2D eigenvalue weighted by atomic mass is 9.77. The second-order valence-electron chi connectivity index (χ2n) is 7.83. The summed E-state index contributed by atoms with van der Waals surface area (Å²) in [6, 6.07) is 16.7. The Labute approximate surface area is 182 Å². The van der Waals surface area contributed by atoms with Crippen LogP contribution in [0.1, 0.15) is 11.1 Å². The third-order valence-electron chi connectivity index (χ3n) is 6.09. The molecule has 0 saturated carbocycles. The van der Waals surface area contributed by atoms with Crippen molar-refractivity contribution < 1.29 is 28.2 Å². The van der Waals surface area contributed by atoms with Crippen LogP contribution in [0, 0.1) is 5.82 Å². The molecule has 0 fully saturated rings. The maximum atomic E-state index is 14.0. The molecule has 3 aromatic rings. The van der Waals surface area contributed by atoms with Crippen molar-refractivity contribution in [2.45, 2.75) is 5.41 Å². The highest BCUT2D eigenvalue weighted by molar-refractivity contribution is 6.14. The minimum atomic E-state index is -1.09. The van der Waals surface area contributed by atoms with Crippen LogP contribution in [0.2, 0.25) is 0 Å². The highest BCUT2D eigenvalue weighted by atomic mass is 19.1. The molecular formula is C24H17FN2O5. The van der Waals surface area contributed by atoms with Crippen molar-refractivity contribution in [2.24, 2.45) is 0 Å². The summed E-state index contributed by atoms with van der Waals surface area (Å²) in [7, 11) is 0. The normalized spacial score (nSPS) is 19.7. The first-order valence-electron chi connectivity index (χ1n) is 10.1. The first kappa shape index (κ1) is 18.7. The number of amides is 2. The predicted octanol–water partition coefficient (Wildman–Crippen LogP) is 3.22. The SMILES string of the molecule is O=C(CN1C(=O)C2(COc3cc4c(cc32)OCO4)c2ccccc21)Nc1ccccc1F. The lowest BCUT2D eigenvalue weighted by molar-refractivity contribution is -0.124. The van der Waals surface area contributed by atoms with E-state index in [9.17, 15) is 14.0 Å². The van der Waals surface area contributed by atoms with Gasteiger partial charge in [0, 0.05) is 17.3 Å². The summed E-state index contributed by atoms with van der Waals surface area (Å²) >= 11 is 0. The number of rotatable bonds is 3. The first-order chi connectivity index (χ1) is 15.6. The van der Waals surface area contributed by atoms with Crippen molar-refractivity contribution in [2.75, 3.05) is 30.2 Å². The number of hydrogen-bond donors (Lipinski definition) is 1. The zero-order chi connectivity index (χ0) is 21.9. The molecule has 1 spiro atoms. The zero-order valence-electron chi connectivity index (χ0n) is 16.8. The molecule has 3 heterocycles. The van der Waals surface area contributed by atoms with Crippen LogP contribution in [0.5, 0.6) is 17.2 Å². The van der Waals surface area contributed by atoms with Crippen LogP contribution in [0.4, 0.5) is 15.8 Å². The van der Waals surface area contributed by atoms with Crippen LogP contribution < -0.4 is 24.4 Å². The molecule has 1 N–H and O–H groups in total. The molecule has 3 aromatic carbocycles. The third-order valence-corrected chi connectivity index (χ3v) is 6.09. The molecule has 0 bridgehead atoms. The van der Waals surface area contributed by atoms with Gasteiger partial charge in [-0.3, -0.25) is 9.59 Å². The van der Waals surface area contributed by atoms with Crippen LogP contribution in [0.3, 0.4) is 0 Å². The van der Waals surface area contributed by atoms with E-state index in [1.807, 2.05) is 18.2 Å². The highest BCUT2D eigenvalue weighted by Gasteiger charge is 2.57. The van der Waals surface area contributed by atoms with Crippen molar-refractivity contribution in [3.05, 3.63) is 77.6 Å². The number of nitrogens with zero attached hydrogens (tertiary/aromatic N) is 1. The fraction of sp³-hybridized carbons (Fsp3) is 0.167. The van der Waals surface area contributed by atoms with E-state index in [1.54, 1.807) is 24.3 Å². The van der Waals surface area contributed by atoms with Crippen LogP contribution >= 0.6 is 0 Å². The highest BCUT2D eigenvalue weighted by Crippen LogP contribution is 2.54. The van der Waals surface area contributed by atoms with Gasteiger partial charge in [-0.25, -0.2) is 4.39 Å². The van der Waals surface area contributed by atoms with Crippen molar-refractivity contribution >= 4 is 23.2 Å². The van der Waals surface area contributed by atoms with Gasteiger partial charge in [0.1, 0.15) is 30.1 Å². The van der Waals surface area contributed by atoms with Crippen molar-refractivity contribution in [3.8, 4) is 17.2 Å². The summed E-state index contributed by atoms with van der Waals surface area (Å²) < 4.78 is 30.8. The van der Waals surface area contributed by atoms with Crippen molar-refractivity contribution in [1.29, 1.82) is 0 Å². The lowest BCUT2D eigenvalue weighted by Crippen LogP contribution is -2.45. The summed E-state index contributed by atoms with van der Waals surface area (Å²) in [6.45, 7) is -0.0452.